The van der Waals surface area contributed by atoms with Gasteiger partial charge in [-0.25, -0.2) is 0 Å². The molecule has 6 heteroatoms. The smallest absolute Gasteiger partial charge is 0.249 e. The molecule has 1 N–H and O–H groups in total. The Kier molecular flexibility index (Phi) is 4.55. The number of carbonyl (C=O) groups is 2. The van der Waals surface area contributed by atoms with Gasteiger partial charge < -0.3 is 10.2 Å². The summed E-state index contributed by atoms with van der Waals surface area (Å²) in [6.07, 6.45) is 0.248. The molecule has 1 atom stereocenters. The zero-order valence-corrected chi connectivity index (χ0v) is 12.8. The van der Waals surface area contributed by atoms with Crippen LogP contribution >= 0.6 is 23.2 Å². The highest BCUT2D eigenvalue weighted by atomic mass is 35.5. The number of nitrogens with zero attached hydrogens (tertiary/aromatic N) is 1. The van der Waals surface area contributed by atoms with Crippen molar-refractivity contribution in [2.75, 3.05) is 11.4 Å². The average Bonchev–Trinajstić information content (AvgIpc) is 2.53. The molecular weight excluding hydrogens is 299 g/mol. The van der Waals surface area contributed by atoms with Crippen molar-refractivity contribution in [2.24, 2.45) is 5.92 Å². The third kappa shape index (κ3) is 3.07. The van der Waals surface area contributed by atoms with Crippen LogP contribution < -0.4 is 10.2 Å². The lowest BCUT2D eigenvalue weighted by atomic mass is 10.0. The van der Waals surface area contributed by atoms with Gasteiger partial charge in [0.25, 0.3) is 0 Å². The zero-order valence-electron chi connectivity index (χ0n) is 11.3. The Balaban J connectivity index is 2.41. The highest BCUT2D eigenvalue weighted by Crippen LogP contribution is 2.30. The number of amides is 2. The summed E-state index contributed by atoms with van der Waals surface area (Å²) >= 11 is 12.1. The van der Waals surface area contributed by atoms with Crippen LogP contribution in [0.15, 0.2) is 18.2 Å². The second-order valence-corrected chi connectivity index (χ2v) is 5.97. The molecule has 0 saturated carbocycles. The van der Waals surface area contributed by atoms with E-state index in [2.05, 4.69) is 5.32 Å². The number of hydrogen-bond donors (Lipinski definition) is 1. The molecule has 0 spiro atoms. The van der Waals surface area contributed by atoms with E-state index in [0.29, 0.717) is 22.3 Å². The number of hydrogen-bond acceptors (Lipinski definition) is 2. The van der Waals surface area contributed by atoms with Crippen molar-refractivity contribution in [3.63, 3.8) is 0 Å². The molecule has 20 heavy (non-hydrogen) atoms. The maximum absolute atomic E-state index is 12.6. The summed E-state index contributed by atoms with van der Waals surface area (Å²) in [5, 5.41) is 3.70. The van der Waals surface area contributed by atoms with Crippen LogP contribution in [0.4, 0.5) is 5.69 Å². The number of nitrogens with one attached hydrogen (secondary N) is 1. The lowest BCUT2D eigenvalue weighted by Crippen LogP contribution is -2.47. The first kappa shape index (κ1) is 15.1. The van der Waals surface area contributed by atoms with Crippen LogP contribution in [-0.2, 0) is 9.59 Å². The van der Waals surface area contributed by atoms with Gasteiger partial charge in [0.2, 0.25) is 11.8 Å². The van der Waals surface area contributed by atoms with E-state index in [-0.39, 0.29) is 24.2 Å². The Morgan fingerprint density at radius 1 is 1.30 bits per heavy atom. The van der Waals surface area contributed by atoms with Crippen LogP contribution in [0.3, 0.4) is 0 Å². The first-order valence-corrected chi connectivity index (χ1v) is 7.21. The zero-order chi connectivity index (χ0) is 14.9. The molecule has 2 amide bonds. The van der Waals surface area contributed by atoms with E-state index in [9.17, 15) is 9.59 Å². The summed E-state index contributed by atoms with van der Waals surface area (Å²) in [6.45, 7) is 4.09. The van der Waals surface area contributed by atoms with E-state index in [1.54, 1.807) is 18.2 Å². The van der Waals surface area contributed by atoms with Crippen molar-refractivity contribution in [3.05, 3.63) is 28.2 Å². The fourth-order valence-electron chi connectivity index (χ4n) is 2.18. The van der Waals surface area contributed by atoms with Gasteiger partial charge in [-0.2, -0.15) is 0 Å². The number of anilines is 1. The van der Waals surface area contributed by atoms with Crippen molar-refractivity contribution in [3.8, 4) is 0 Å². The third-order valence-corrected chi connectivity index (χ3v) is 3.83. The van der Waals surface area contributed by atoms with Crippen molar-refractivity contribution in [1.29, 1.82) is 0 Å². The van der Waals surface area contributed by atoms with E-state index in [1.165, 1.54) is 4.90 Å². The van der Waals surface area contributed by atoms with Gasteiger partial charge in [0.05, 0.1) is 10.7 Å². The molecule has 0 radical (unpaired) electrons. The van der Waals surface area contributed by atoms with Crippen molar-refractivity contribution in [1.82, 2.24) is 5.32 Å². The molecule has 108 valence electrons. The molecule has 1 aromatic carbocycles. The van der Waals surface area contributed by atoms with Gasteiger partial charge in [-0.05, 0) is 24.1 Å². The van der Waals surface area contributed by atoms with Crippen LogP contribution in [-0.4, -0.2) is 24.4 Å². The minimum absolute atomic E-state index is 0.00464. The summed E-state index contributed by atoms with van der Waals surface area (Å²) in [5.41, 5.74) is 0.548. The molecule has 0 bridgehead atoms. The molecule has 0 aliphatic carbocycles. The van der Waals surface area contributed by atoms with E-state index in [0.717, 1.165) is 0 Å². The van der Waals surface area contributed by atoms with Crippen LogP contribution in [0.2, 0.25) is 10.0 Å². The average molecular weight is 315 g/mol. The van der Waals surface area contributed by atoms with Crippen LogP contribution in [0.25, 0.3) is 0 Å². The Labute approximate surface area is 128 Å². The maximum atomic E-state index is 12.6. The monoisotopic (exact) mass is 314 g/mol. The van der Waals surface area contributed by atoms with Gasteiger partial charge in [-0.1, -0.05) is 37.0 Å². The molecular formula is C14H16Cl2N2O2. The van der Waals surface area contributed by atoms with Crippen LogP contribution in [0.5, 0.6) is 0 Å². The van der Waals surface area contributed by atoms with Gasteiger partial charge in [0, 0.05) is 18.0 Å². The van der Waals surface area contributed by atoms with Gasteiger partial charge in [0.1, 0.15) is 6.04 Å². The second kappa shape index (κ2) is 6.02. The number of carbonyl (C=O) groups excluding carboxylic acids is 2. The summed E-state index contributed by atoms with van der Waals surface area (Å²) in [7, 11) is 0. The minimum Gasteiger partial charge on any atom is -0.344 e. The van der Waals surface area contributed by atoms with Crippen LogP contribution in [0, 0.1) is 5.92 Å². The topological polar surface area (TPSA) is 49.4 Å². The predicted molar refractivity (Wildman–Crippen MR) is 80.2 cm³/mol. The maximum Gasteiger partial charge on any atom is 0.249 e. The van der Waals surface area contributed by atoms with Gasteiger partial charge in [-0.15, -0.1) is 0 Å². The minimum atomic E-state index is -0.542. The molecule has 1 unspecified atom stereocenters. The van der Waals surface area contributed by atoms with E-state index >= 15 is 0 Å². The predicted octanol–water partition coefficient (Wildman–Crippen LogP) is 2.87. The van der Waals surface area contributed by atoms with E-state index in [1.807, 2.05) is 13.8 Å². The normalized spacial score (nSPS) is 20.1. The standard InChI is InChI=1S/C14H16Cl2N2O2/c1-8(2)13-14(20)18(6-5-12(19)17-13)11-7-9(15)3-4-10(11)16/h3-4,7-8,13H,5-6H2,1-2H3,(H,17,19). The summed E-state index contributed by atoms with van der Waals surface area (Å²) in [4.78, 5) is 25.9. The molecule has 1 aromatic rings. The molecule has 1 saturated heterocycles. The highest BCUT2D eigenvalue weighted by molar-refractivity contribution is 6.35. The number of rotatable bonds is 2. The Morgan fingerprint density at radius 3 is 2.65 bits per heavy atom. The first-order chi connectivity index (χ1) is 9.40. The lowest BCUT2D eigenvalue weighted by Gasteiger charge is -2.26. The molecule has 1 aliphatic heterocycles. The molecule has 1 aliphatic rings. The van der Waals surface area contributed by atoms with Gasteiger partial charge in [0.15, 0.2) is 0 Å². The summed E-state index contributed by atoms with van der Waals surface area (Å²) < 4.78 is 0. The summed E-state index contributed by atoms with van der Waals surface area (Å²) in [5.74, 6) is -0.280. The molecule has 4 nitrogen and oxygen atoms in total. The van der Waals surface area contributed by atoms with Gasteiger partial charge in [-0.3, -0.25) is 9.59 Å². The third-order valence-electron chi connectivity index (χ3n) is 3.28. The Bertz CT molecular complexity index is 546. The van der Waals surface area contributed by atoms with Crippen LogP contribution in [0.1, 0.15) is 20.3 Å². The molecule has 2 rings (SSSR count). The lowest BCUT2D eigenvalue weighted by molar-refractivity contribution is -0.126. The number of benzene rings is 1. The second-order valence-electron chi connectivity index (χ2n) is 5.12. The highest BCUT2D eigenvalue weighted by Gasteiger charge is 2.33. The molecule has 1 heterocycles. The molecule has 0 aromatic heterocycles. The van der Waals surface area contributed by atoms with Crippen molar-refractivity contribution >= 4 is 40.7 Å². The Morgan fingerprint density at radius 2 is 2.00 bits per heavy atom. The van der Waals surface area contributed by atoms with Gasteiger partial charge >= 0.3 is 0 Å². The summed E-state index contributed by atoms with van der Waals surface area (Å²) in [6, 6.07) is 4.42. The van der Waals surface area contributed by atoms with E-state index < -0.39 is 6.04 Å². The first-order valence-electron chi connectivity index (χ1n) is 6.46. The Hall–Kier alpha value is -1.26. The quantitative estimate of drug-likeness (QED) is 0.912. The van der Waals surface area contributed by atoms with Crippen molar-refractivity contribution in [2.45, 2.75) is 26.3 Å². The SMILES string of the molecule is CC(C)C1NC(=O)CCN(c2cc(Cl)ccc2Cl)C1=O. The largest absolute Gasteiger partial charge is 0.344 e. The number of halogens is 2. The fourth-order valence-corrected chi connectivity index (χ4v) is 2.57. The fraction of sp³-hybridized carbons (Fsp3) is 0.429. The molecule has 1 fully saturated rings. The van der Waals surface area contributed by atoms with E-state index in [4.69, 9.17) is 23.2 Å². The van der Waals surface area contributed by atoms with Crippen molar-refractivity contribution < 1.29 is 9.59 Å².